The molecule has 0 unspecified atom stereocenters. The van der Waals surface area contributed by atoms with Gasteiger partial charge in [0.15, 0.2) is 0 Å². The largest absolute Gasteiger partial charge is 0.361 e. The monoisotopic (exact) mass is 418 g/mol. The molecule has 0 atom stereocenters. The number of fused-ring (bicyclic) bond motifs is 1. The zero-order valence-electron chi connectivity index (χ0n) is 16.5. The smallest absolute Gasteiger partial charge is 0.258 e. The maximum atomic E-state index is 13.6. The number of rotatable bonds is 5. The van der Waals surface area contributed by atoms with Crippen molar-refractivity contribution in [3.8, 4) is 0 Å². The normalized spacial score (nSPS) is 11.5. The van der Waals surface area contributed by atoms with E-state index in [1.54, 1.807) is 12.1 Å². The highest BCUT2D eigenvalue weighted by molar-refractivity contribution is 6.09. The van der Waals surface area contributed by atoms with E-state index in [1.165, 1.54) is 30.3 Å². The molecule has 156 valence electrons. The Labute approximate surface area is 177 Å². The number of aromatic amines is 1. The number of para-hydroxylation sites is 1. The lowest BCUT2D eigenvalue weighted by Crippen LogP contribution is -2.36. The fourth-order valence-corrected chi connectivity index (χ4v) is 3.25. The molecule has 4 rings (SSSR count). The van der Waals surface area contributed by atoms with Crippen LogP contribution in [0.15, 0.2) is 84.0 Å². The third kappa shape index (κ3) is 5.14. The number of nitrogens with zero attached hydrogens (tertiary/aromatic N) is 1. The van der Waals surface area contributed by atoms with Crippen molar-refractivity contribution in [3.63, 3.8) is 0 Å². The molecule has 0 radical (unpaired) electrons. The predicted molar refractivity (Wildman–Crippen MR) is 118 cm³/mol. The maximum Gasteiger partial charge on any atom is 0.258 e. The third-order valence-electron chi connectivity index (χ3n) is 4.73. The van der Waals surface area contributed by atoms with Crippen LogP contribution < -0.4 is 10.6 Å². The van der Waals surface area contributed by atoms with Gasteiger partial charge in [0.2, 0.25) is 5.96 Å². The fourth-order valence-electron chi connectivity index (χ4n) is 3.25. The van der Waals surface area contributed by atoms with Crippen LogP contribution in [0.5, 0.6) is 0 Å². The Kier molecular flexibility index (Phi) is 6.03. The topological polar surface area (TPSA) is 69.3 Å². The Hall–Kier alpha value is -4.00. The first-order chi connectivity index (χ1) is 15.1. The molecule has 0 fully saturated rings. The molecule has 3 aromatic carbocycles. The van der Waals surface area contributed by atoms with Crippen LogP contribution >= 0.6 is 0 Å². The number of halogens is 2. The molecule has 0 aliphatic rings. The lowest BCUT2D eigenvalue weighted by Gasteiger charge is -2.12. The number of H-pyrrole nitrogens is 1. The zero-order valence-corrected chi connectivity index (χ0v) is 16.5. The molecule has 1 heterocycles. The number of guanidine groups is 1. The van der Waals surface area contributed by atoms with E-state index in [-0.39, 0.29) is 11.5 Å². The van der Waals surface area contributed by atoms with Crippen molar-refractivity contribution in [2.75, 3.05) is 11.9 Å². The minimum absolute atomic E-state index is 0.153. The van der Waals surface area contributed by atoms with Gasteiger partial charge in [-0.15, -0.1) is 0 Å². The summed E-state index contributed by atoms with van der Waals surface area (Å²) in [5.74, 6) is -1.29. The molecule has 0 aliphatic heterocycles. The van der Waals surface area contributed by atoms with Crippen molar-refractivity contribution < 1.29 is 13.6 Å². The Morgan fingerprint density at radius 3 is 2.52 bits per heavy atom. The maximum absolute atomic E-state index is 13.6. The van der Waals surface area contributed by atoms with E-state index in [2.05, 4.69) is 20.6 Å². The van der Waals surface area contributed by atoms with Gasteiger partial charge < -0.3 is 10.3 Å². The molecular formula is C24H20F2N4O. The van der Waals surface area contributed by atoms with Crippen molar-refractivity contribution in [2.24, 2.45) is 4.99 Å². The van der Waals surface area contributed by atoms with Gasteiger partial charge in [-0.2, -0.15) is 0 Å². The number of aliphatic imine (C=N–C) groups is 1. The number of aromatic nitrogens is 1. The molecule has 1 amide bonds. The van der Waals surface area contributed by atoms with Crippen LogP contribution in [-0.2, 0) is 6.42 Å². The van der Waals surface area contributed by atoms with Crippen molar-refractivity contribution in [1.82, 2.24) is 10.3 Å². The Bertz CT molecular complexity index is 1250. The first kappa shape index (κ1) is 20.3. The first-order valence-corrected chi connectivity index (χ1v) is 9.77. The van der Waals surface area contributed by atoms with Crippen molar-refractivity contribution >= 4 is 28.5 Å². The lowest BCUT2D eigenvalue weighted by atomic mass is 10.1. The number of carbonyl (C=O) groups excluding carboxylic acids is 1. The highest BCUT2D eigenvalue weighted by Gasteiger charge is 2.11. The number of nitrogens with one attached hydrogen (secondary N) is 3. The van der Waals surface area contributed by atoms with Gasteiger partial charge in [-0.25, -0.2) is 8.78 Å². The number of hydrogen-bond acceptors (Lipinski definition) is 2. The number of anilines is 1. The van der Waals surface area contributed by atoms with Crippen LogP contribution in [0, 0.1) is 11.6 Å². The second-order valence-corrected chi connectivity index (χ2v) is 6.94. The number of carbonyl (C=O) groups is 1. The van der Waals surface area contributed by atoms with Crippen LogP contribution in [0.4, 0.5) is 14.5 Å². The van der Waals surface area contributed by atoms with E-state index in [1.807, 2.05) is 30.5 Å². The Morgan fingerprint density at radius 1 is 0.935 bits per heavy atom. The third-order valence-corrected chi connectivity index (χ3v) is 4.73. The summed E-state index contributed by atoms with van der Waals surface area (Å²) in [7, 11) is 0. The summed E-state index contributed by atoms with van der Waals surface area (Å²) < 4.78 is 27.0. The molecular weight excluding hydrogens is 398 g/mol. The van der Waals surface area contributed by atoms with Crippen LogP contribution in [0.2, 0.25) is 0 Å². The molecule has 0 aliphatic carbocycles. The van der Waals surface area contributed by atoms with Crippen LogP contribution in [0.1, 0.15) is 15.9 Å². The van der Waals surface area contributed by atoms with Gasteiger partial charge in [0, 0.05) is 34.9 Å². The van der Waals surface area contributed by atoms with Gasteiger partial charge in [-0.1, -0.05) is 30.3 Å². The molecule has 1 aromatic heterocycles. The van der Waals surface area contributed by atoms with Gasteiger partial charge in [0.25, 0.3) is 5.91 Å². The highest BCUT2D eigenvalue weighted by Crippen LogP contribution is 2.18. The minimum Gasteiger partial charge on any atom is -0.361 e. The van der Waals surface area contributed by atoms with Crippen molar-refractivity contribution in [2.45, 2.75) is 6.42 Å². The van der Waals surface area contributed by atoms with Crippen LogP contribution in [0.3, 0.4) is 0 Å². The second kappa shape index (κ2) is 9.21. The SMILES string of the molecule is O=C(NC(=NCCc1c[nH]c2ccccc12)Nc1cccc(F)c1)c1cccc(F)c1. The Morgan fingerprint density at radius 2 is 1.71 bits per heavy atom. The number of hydrogen-bond donors (Lipinski definition) is 3. The Balaban J connectivity index is 1.52. The minimum atomic E-state index is -0.519. The molecule has 0 saturated carbocycles. The van der Waals surface area contributed by atoms with Gasteiger partial charge in [-0.3, -0.25) is 15.1 Å². The summed E-state index contributed by atoms with van der Waals surface area (Å²) in [5, 5.41) is 6.69. The average Bonchev–Trinajstić information content (AvgIpc) is 3.17. The summed E-state index contributed by atoms with van der Waals surface area (Å²) in [4.78, 5) is 20.2. The van der Waals surface area contributed by atoms with Gasteiger partial charge in [-0.05, 0) is 54.4 Å². The summed E-state index contributed by atoms with van der Waals surface area (Å²) >= 11 is 0. The zero-order chi connectivity index (χ0) is 21.6. The molecule has 5 nitrogen and oxygen atoms in total. The molecule has 31 heavy (non-hydrogen) atoms. The summed E-state index contributed by atoms with van der Waals surface area (Å²) in [5.41, 5.74) is 2.73. The van der Waals surface area contributed by atoms with E-state index in [9.17, 15) is 13.6 Å². The van der Waals surface area contributed by atoms with Crippen molar-refractivity contribution in [1.29, 1.82) is 0 Å². The van der Waals surface area contributed by atoms with Gasteiger partial charge >= 0.3 is 0 Å². The molecule has 4 aromatic rings. The van der Waals surface area contributed by atoms with E-state index in [4.69, 9.17) is 0 Å². The van der Waals surface area contributed by atoms with Gasteiger partial charge in [0.1, 0.15) is 11.6 Å². The standard InChI is InChI=1S/C24H20F2N4O/c25-18-6-3-5-16(13-18)23(31)30-24(29-20-8-4-7-19(26)14-20)27-12-11-17-15-28-22-10-2-1-9-21(17)22/h1-10,13-15,28H,11-12H2,(H2,27,29,30,31). The molecule has 0 saturated heterocycles. The van der Waals surface area contributed by atoms with E-state index in [0.717, 1.165) is 22.5 Å². The molecule has 3 N–H and O–H groups in total. The van der Waals surface area contributed by atoms with Crippen LogP contribution in [-0.4, -0.2) is 23.4 Å². The van der Waals surface area contributed by atoms with E-state index >= 15 is 0 Å². The van der Waals surface area contributed by atoms with E-state index < -0.39 is 17.5 Å². The van der Waals surface area contributed by atoms with Crippen molar-refractivity contribution in [3.05, 3.63) is 102 Å². The van der Waals surface area contributed by atoms with E-state index in [0.29, 0.717) is 18.7 Å². The highest BCUT2D eigenvalue weighted by atomic mass is 19.1. The fraction of sp³-hybridized carbons (Fsp3) is 0.0833. The molecule has 0 spiro atoms. The molecule has 0 bridgehead atoms. The number of benzene rings is 3. The van der Waals surface area contributed by atoms with Crippen LogP contribution in [0.25, 0.3) is 10.9 Å². The molecule has 7 heteroatoms. The number of amides is 1. The first-order valence-electron chi connectivity index (χ1n) is 9.77. The average molecular weight is 418 g/mol. The predicted octanol–water partition coefficient (Wildman–Crippen LogP) is 4.89. The summed E-state index contributed by atoms with van der Waals surface area (Å²) in [6, 6.07) is 19.2. The van der Waals surface area contributed by atoms with Gasteiger partial charge in [0.05, 0.1) is 0 Å². The lowest BCUT2D eigenvalue weighted by molar-refractivity contribution is 0.0976. The second-order valence-electron chi connectivity index (χ2n) is 6.94. The summed E-state index contributed by atoms with van der Waals surface area (Å²) in [6.45, 7) is 0.378. The summed E-state index contributed by atoms with van der Waals surface area (Å²) in [6.07, 6.45) is 2.57. The quantitative estimate of drug-likeness (QED) is 0.319.